The average Bonchev–Trinajstić information content (AvgIpc) is 2.20. The van der Waals surface area contributed by atoms with Gasteiger partial charge in [0.15, 0.2) is 5.82 Å². The van der Waals surface area contributed by atoms with Gasteiger partial charge in [-0.1, -0.05) is 121 Å². The average molecular weight is 1130 g/mol. The Bertz CT molecular complexity index is 4090. The Morgan fingerprint density at radius 3 is 1.16 bits per heavy atom. The normalized spacial score (nSPS) is 12.6. The molecule has 9 aromatic carbocycles. The molecule has 0 aliphatic rings. The topological polar surface area (TPSA) is 30.7 Å². The Hall–Kier alpha value is -9.19. The second-order valence-corrected chi connectivity index (χ2v) is 19.4. The molecule has 0 atom stereocenters. The van der Waals surface area contributed by atoms with Crippen LogP contribution in [0.5, 0.6) is 0 Å². The first-order chi connectivity index (χ1) is 38.7. The van der Waals surface area contributed by atoms with Crippen molar-refractivity contribution >= 4 is 21.8 Å². The maximum absolute atomic E-state index is 14.9. The Morgan fingerprint density at radius 1 is 0.305 bits per heavy atom. The van der Waals surface area contributed by atoms with E-state index in [-0.39, 0.29) is 95.1 Å². The van der Waals surface area contributed by atoms with Crippen LogP contribution < -0.4 is 0 Å². The molecule has 0 N–H and O–H groups in total. The van der Waals surface area contributed by atoms with Crippen LogP contribution in [0.25, 0.3) is 106 Å². The first-order valence-electron chi connectivity index (χ1n) is 24.8. The molecule has 0 radical (unpaired) electrons. The van der Waals surface area contributed by atoms with Crippen LogP contribution >= 0.6 is 0 Å². The lowest BCUT2D eigenvalue weighted by Crippen LogP contribution is -2.12. The van der Waals surface area contributed by atoms with Crippen molar-refractivity contribution in [1.82, 2.24) is 14.5 Å². The Labute approximate surface area is 456 Å². The van der Waals surface area contributed by atoms with Crippen molar-refractivity contribution in [2.24, 2.45) is 0 Å². The van der Waals surface area contributed by atoms with Gasteiger partial charge in [-0.2, -0.15) is 65.9 Å². The third-order valence-electron chi connectivity index (χ3n) is 14.0. The molecule has 2 heterocycles. The maximum atomic E-state index is 14.9. The number of nitrogens with zero attached hydrogens (tertiary/aromatic N) is 3. The number of fused-ring (bicyclic) bond motifs is 3. The number of alkyl halides is 15. The molecule has 18 heteroatoms. The van der Waals surface area contributed by atoms with Crippen molar-refractivity contribution in [3.05, 3.63) is 234 Å². The van der Waals surface area contributed by atoms with Crippen LogP contribution in [0.15, 0.2) is 200 Å². The lowest BCUT2D eigenvalue weighted by atomic mass is 9.90. The SMILES string of the molecule is Cc1ccc(-c2ccc3c(c2)c2cc(-c4ccc(C(F)(F)F)cc4C(F)(F)F)ccc2n3-c2c(-c3ccc(C(F)(F)F)cc3)cc(-c3cc(-c4ccccc4)nc(-c4ccccc4)n3)cc2-c2ccc(C(F)(F)F)cc2)c(C(F)(F)F)c1. The molecular weight excluding hydrogens is 1100 g/mol. The minimum absolute atomic E-state index is 0.0248. The Morgan fingerprint density at radius 2 is 0.707 bits per heavy atom. The molecule has 3 nitrogen and oxygen atoms in total. The summed E-state index contributed by atoms with van der Waals surface area (Å²) in [7, 11) is 0. The summed E-state index contributed by atoms with van der Waals surface area (Å²) < 4.78 is 218. The second-order valence-electron chi connectivity index (χ2n) is 19.4. The summed E-state index contributed by atoms with van der Waals surface area (Å²) >= 11 is 0. The molecule has 412 valence electrons. The lowest BCUT2D eigenvalue weighted by molar-refractivity contribution is -0.143. The van der Waals surface area contributed by atoms with E-state index < -0.39 is 64.3 Å². The summed E-state index contributed by atoms with van der Waals surface area (Å²) in [5.41, 5.74) is -4.42. The van der Waals surface area contributed by atoms with Crippen molar-refractivity contribution < 1.29 is 65.9 Å². The number of rotatable bonds is 8. The Kier molecular flexibility index (Phi) is 13.4. The van der Waals surface area contributed by atoms with Crippen LogP contribution in [0.2, 0.25) is 0 Å². The molecule has 0 amide bonds. The van der Waals surface area contributed by atoms with Crippen LogP contribution in [-0.2, 0) is 30.9 Å². The molecule has 2 aromatic heterocycles. The zero-order valence-corrected chi connectivity index (χ0v) is 42.1. The fourth-order valence-corrected chi connectivity index (χ4v) is 10.2. The zero-order chi connectivity index (χ0) is 58.3. The highest BCUT2D eigenvalue weighted by Crippen LogP contribution is 2.49. The summed E-state index contributed by atoms with van der Waals surface area (Å²) in [6.45, 7) is 1.46. The molecule has 82 heavy (non-hydrogen) atoms. The molecule has 0 aliphatic carbocycles. The first-order valence-corrected chi connectivity index (χ1v) is 24.8. The van der Waals surface area contributed by atoms with E-state index in [1.54, 1.807) is 83.4 Å². The number of aromatic nitrogens is 3. The Balaban J connectivity index is 1.28. The minimum Gasteiger partial charge on any atom is -0.308 e. The van der Waals surface area contributed by atoms with E-state index >= 15 is 0 Å². The van der Waals surface area contributed by atoms with Gasteiger partial charge >= 0.3 is 30.9 Å². The molecule has 0 unspecified atom stereocenters. The number of hydrogen-bond donors (Lipinski definition) is 0. The summed E-state index contributed by atoms with van der Waals surface area (Å²) in [6, 6.07) is 43.3. The highest BCUT2D eigenvalue weighted by molar-refractivity contribution is 6.13. The van der Waals surface area contributed by atoms with Crippen molar-refractivity contribution in [1.29, 1.82) is 0 Å². The summed E-state index contributed by atoms with van der Waals surface area (Å²) in [6.07, 6.45) is -25.0. The van der Waals surface area contributed by atoms with E-state index in [0.29, 0.717) is 29.0 Å². The third-order valence-corrected chi connectivity index (χ3v) is 14.0. The number of hydrogen-bond acceptors (Lipinski definition) is 2. The van der Waals surface area contributed by atoms with Gasteiger partial charge in [-0.3, -0.25) is 0 Å². The smallest absolute Gasteiger partial charge is 0.308 e. The molecule has 0 bridgehead atoms. The molecule has 0 fully saturated rings. The van der Waals surface area contributed by atoms with Crippen LogP contribution in [0, 0.1) is 6.92 Å². The van der Waals surface area contributed by atoms with Crippen LogP contribution in [0.1, 0.15) is 33.4 Å². The number of benzene rings is 9. The summed E-state index contributed by atoms with van der Waals surface area (Å²) in [5.74, 6) is 0.242. The maximum Gasteiger partial charge on any atom is 0.417 e. The standard InChI is InChI=1S/C64H36F15N3/c1-35-12-24-46(52(28-35)63(74,75)76)40-17-26-56-50(29-40)51-30-41(47-25-23-45(62(71,72)73)33-53(47)64(77,78)79)18-27-57(51)82(56)58-48(36-13-19-43(20-14-36)60(65,66)67)31-42(32-49(58)37-15-21-44(22-16-37)61(68,69)70)55-34-54(38-8-4-2-5-9-38)80-59(81-55)39-10-6-3-7-11-39/h2-34H,1H3. The highest BCUT2D eigenvalue weighted by Gasteiger charge is 2.39. The molecule has 0 saturated carbocycles. The fourth-order valence-electron chi connectivity index (χ4n) is 10.2. The van der Waals surface area contributed by atoms with Gasteiger partial charge in [0.2, 0.25) is 0 Å². The van der Waals surface area contributed by atoms with Crippen LogP contribution in [-0.4, -0.2) is 14.5 Å². The highest BCUT2D eigenvalue weighted by atomic mass is 19.4. The largest absolute Gasteiger partial charge is 0.417 e. The van der Waals surface area contributed by atoms with Gasteiger partial charge in [0.25, 0.3) is 0 Å². The van der Waals surface area contributed by atoms with Crippen molar-refractivity contribution in [3.63, 3.8) is 0 Å². The molecule has 0 aliphatic heterocycles. The van der Waals surface area contributed by atoms with E-state index in [9.17, 15) is 65.9 Å². The van der Waals surface area contributed by atoms with Crippen LogP contribution in [0.3, 0.4) is 0 Å². The molecule has 11 rings (SSSR count). The van der Waals surface area contributed by atoms with E-state index in [2.05, 4.69) is 0 Å². The predicted octanol–water partition coefficient (Wildman–Crippen LogP) is 20.6. The predicted molar refractivity (Wildman–Crippen MR) is 284 cm³/mol. The second kappa shape index (κ2) is 20.1. The number of halogens is 15. The van der Waals surface area contributed by atoms with Crippen molar-refractivity contribution in [2.75, 3.05) is 0 Å². The zero-order valence-electron chi connectivity index (χ0n) is 42.1. The summed E-state index contributed by atoms with van der Waals surface area (Å²) in [4.78, 5) is 9.83. The molecular formula is C64H36F15N3. The van der Waals surface area contributed by atoms with Gasteiger partial charge in [0, 0.05) is 38.6 Å². The number of aryl methyl sites for hydroxylation is 1. The fraction of sp³-hybridized carbons (Fsp3) is 0.0938. The third kappa shape index (κ3) is 10.6. The van der Waals surface area contributed by atoms with E-state index in [1.807, 2.05) is 0 Å². The van der Waals surface area contributed by atoms with Gasteiger partial charge in [-0.05, 0) is 125 Å². The van der Waals surface area contributed by atoms with E-state index in [1.165, 1.54) is 79.7 Å². The van der Waals surface area contributed by atoms with Crippen molar-refractivity contribution in [2.45, 2.75) is 37.8 Å². The molecule has 11 aromatic rings. The van der Waals surface area contributed by atoms with E-state index in [4.69, 9.17) is 9.97 Å². The van der Waals surface area contributed by atoms with Crippen molar-refractivity contribution in [3.8, 4) is 84.1 Å². The van der Waals surface area contributed by atoms with Gasteiger partial charge in [-0.25, -0.2) is 9.97 Å². The van der Waals surface area contributed by atoms with E-state index in [0.717, 1.165) is 30.3 Å². The molecule has 0 spiro atoms. The monoisotopic (exact) mass is 1130 g/mol. The van der Waals surface area contributed by atoms with Crippen LogP contribution in [0.4, 0.5) is 65.9 Å². The summed E-state index contributed by atoms with van der Waals surface area (Å²) in [5, 5.41) is 0.125. The first kappa shape index (κ1) is 54.8. The van der Waals surface area contributed by atoms with Gasteiger partial charge < -0.3 is 4.57 Å². The minimum atomic E-state index is -5.34. The quantitative estimate of drug-likeness (QED) is 0.142. The van der Waals surface area contributed by atoms with Gasteiger partial charge in [0.1, 0.15) is 0 Å². The van der Waals surface area contributed by atoms with Gasteiger partial charge in [0.05, 0.1) is 55.9 Å². The lowest BCUT2D eigenvalue weighted by Gasteiger charge is -2.22. The molecule has 0 saturated heterocycles. The van der Waals surface area contributed by atoms with Gasteiger partial charge in [-0.15, -0.1) is 0 Å².